The van der Waals surface area contributed by atoms with Crippen molar-refractivity contribution in [3.05, 3.63) is 0 Å². The molecule has 1 aliphatic heterocycles. The van der Waals surface area contributed by atoms with Crippen LogP contribution in [0.1, 0.15) is 53.4 Å². The minimum absolute atomic E-state index is 0.205. The molecule has 0 saturated carbocycles. The van der Waals surface area contributed by atoms with Crippen LogP contribution in [0.5, 0.6) is 0 Å². The molecule has 1 saturated heterocycles. The zero-order valence-corrected chi connectivity index (χ0v) is 16.8. The summed E-state index contributed by atoms with van der Waals surface area (Å²) in [5.41, 5.74) is 0. The highest BCUT2D eigenvalue weighted by molar-refractivity contribution is 5.81. The predicted octanol–water partition coefficient (Wildman–Crippen LogP) is 1.92. The lowest BCUT2D eigenvalue weighted by Crippen LogP contribution is -2.40. The quantitative estimate of drug-likeness (QED) is 0.465. The van der Waals surface area contributed by atoms with E-state index in [2.05, 4.69) is 34.4 Å². The Morgan fingerprint density at radius 3 is 2.36 bits per heavy atom. The number of nitrogens with zero attached hydrogens (tertiary/aromatic N) is 3. The smallest absolute Gasteiger partial charge is 0.224 e. The van der Waals surface area contributed by atoms with Crippen molar-refractivity contribution in [1.82, 2.24) is 20.4 Å². The number of aliphatic imine (C=N–C) groups is 1. The molecular weight excluding hydrogens is 314 g/mol. The summed E-state index contributed by atoms with van der Waals surface area (Å²) in [4.78, 5) is 21.1. The van der Waals surface area contributed by atoms with Gasteiger partial charge in [0.2, 0.25) is 5.91 Å². The molecule has 6 nitrogen and oxygen atoms in total. The van der Waals surface area contributed by atoms with Crippen LogP contribution < -0.4 is 10.6 Å². The molecule has 0 aromatic heterocycles. The van der Waals surface area contributed by atoms with Gasteiger partial charge in [0.25, 0.3) is 0 Å². The van der Waals surface area contributed by atoms with E-state index in [4.69, 9.17) is 0 Å². The van der Waals surface area contributed by atoms with Gasteiger partial charge in [0.15, 0.2) is 5.96 Å². The predicted molar refractivity (Wildman–Crippen MR) is 106 cm³/mol. The average Bonchev–Trinajstić information content (AvgIpc) is 2.63. The van der Waals surface area contributed by atoms with Gasteiger partial charge in [-0.15, -0.1) is 0 Å². The number of hydrogen-bond acceptors (Lipinski definition) is 3. The van der Waals surface area contributed by atoms with Crippen LogP contribution >= 0.6 is 0 Å². The fraction of sp³-hybridized carbons (Fsp3) is 0.895. The number of carbonyl (C=O) groups excluding carboxylic acids is 1. The van der Waals surface area contributed by atoms with Crippen LogP contribution in [0.15, 0.2) is 4.99 Å². The highest BCUT2D eigenvalue weighted by Gasteiger charge is 2.17. The van der Waals surface area contributed by atoms with Crippen molar-refractivity contribution < 1.29 is 4.79 Å². The maximum atomic E-state index is 12.0. The van der Waals surface area contributed by atoms with Crippen molar-refractivity contribution in [3.63, 3.8) is 0 Å². The van der Waals surface area contributed by atoms with Crippen molar-refractivity contribution in [2.45, 2.75) is 53.4 Å². The van der Waals surface area contributed by atoms with Gasteiger partial charge < -0.3 is 20.4 Å². The summed E-state index contributed by atoms with van der Waals surface area (Å²) >= 11 is 0. The second kappa shape index (κ2) is 13.0. The molecule has 1 rings (SSSR count). The standard InChI is InChI=1S/C19H39N5O/c1-5-20-19(22-14-10-18(25)24(7-3)8-4)21-13-9-17-11-15-23(6-2)16-12-17/h17H,5-16H2,1-4H3,(H2,20,21,22). The van der Waals surface area contributed by atoms with Crippen LogP contribution in [0.25, 0.3) is 0 Å². The van der Waals surface area contributed by atoms with Gasteiger partial charge in [-0.25, -0.2) is 0 Å². The molecule has 0 aliphatic carbocycles. The van der Waals surface area contributed by atoms with E-state index in [-0.39, 0.29) is 5.91 Å². The molecular formula is C19H39N5O. The Morgan fingerprint density at radius 2 is 1.80 bits per heavy atom. The van der Waals surface area contributed by atoms with Crippen molar-refractivity contribution in [2.75, 3.05) is 52.4 Å². The minimum Gasteiger partial charge on any atom is -0.357 e. The van der Waals surface area contributed by atoms with E-state index in [0.717, 1.165) is 44.5 Å². The monoisotopic (exact) mass is 353 g/mol. The molecule has 1 fully saturated rings. The van der Waals surface area contributed by atoms with Crippen LogP contribution in [0.4, 0.5) is 0 Å². The Balaban J connectivity index is 2.30. The molecule has 0 aromatic carbocycles. The Kier molecular flexibility index (Phi) is 11.3. The molecule has 1 aliphatic rings. The average molecular weight is 354 g/mol. The van der Waals surface area contributed by atoms with E-state index in [1.165, 1.54) is 32.5 Å². The molecule has 2 N–H and O–H groups in total. The Bertz CT molecular complexity index is 387. The van der Waals surface area contributed by atoms with E-state index in [9.17, 15) is 4.79 Å². The summed E-state index contributed by atoms with van der Waals surface area (Å²) in [6.45, 7) is 15.9. The summed E-state index contributed by atoms with van der Waals surface area (Å²) in [6.07, 6.45) is 4.27. The first-order valence-electron chi connectivity index (χ1n) is 10.2. The van der Waals surface area contributed by atoms with Crippen molar-refractivity contribution in [3.8, 4) is 0 Å². The third-order valence-corrected chi connectivity index (χ3v) is 5.05. The fourth-order valence-corrected chi connectivity index (χ4v) is 3.31. The van der Waals surface area contributed by atoms with Gasteiger partial charge >= 0.3 is 0 Å². The topological polar surface area (TPSA) is 60.0 Å². The number of nitrogens with one attached hydrogen (secondary N) is 2. The summed E-state index contributed by atoms with van der Waals surface area (Å²) in [5, 5.41) is 6.56. The number of rotatable bonds is 10. The first-order valence-corrected chi connectivity index (χ1v) is 10.2. The lowest BCUT2D eigenvalue weighted by molar-refractivity contribution is -0.130. The van der Waals surface area contributed by atoms with Gasteiger partial charge in [0, 0.05) is 39.1 Å². The maximum absolute atomic E-state index is 12.0. The van der Waals surface area contributed by atoms with Gasteiger partial charge in [-0.2, -0.15) is 0 Å². The molecule has 1 amide bonds. The van der Waals surface area contributed by atoms with Crippen molar-refractivity contribution in [2.24, 2.45) is 10.9 Å². The number of amides is 1. The van der Waals surface area contributed by atoms with Gasteiger partial charge in [-0.3, -0.25) is 9.79 Å². The largest absolute Gasteiger partial charge is 0.357 e. The molecule has 1 heterocycles. The molecule has 0 spiro atoms. The molecule has 146 valence electrons. The molecule has 0 radical (unpaired) electrons. The summed E-state index contributed by atoms with van der Waals surface area (Å²) in [5.74, 6) is 1.84. The van der Waals surface area contributed by atoms with Crippen molar-refractivity contribution in [1.29, 1.82) is 0 Å². The lowest BCUT2D eigenvalue weighted by atomic mass is 9.94. The number of carbonyl (C=O) groups is 1. The summed E-state index contributed by atoms with van der Waals surface area (Å²) < 4.78 is 0. The van der Waals surface area contributed by atoms with Crippen LogP contribution in [0.2, 0.25) is 0 Å². The number of hydrogen-bond donors (Lipinski definition) is 2. The van der Waals surface area contributed by atoms with E-state index < -0.39 is 0 Å². The molecule has 0 bridgehead atoms. The van der Waals surface area contributed by atoms with Crippen LogP contribution in [-0.2, 0) is 4.79 Å². The summed E-state index contributed by atoms with van der Waals surface area (Å²) in [7, 11) is 0. The van der Waals surface area contributed by atoms with Crippen LogP contribution in [0, 0.1) is 5.92 Å². The van der Waals surface area contributed by atoms with Crippen molar-refractivity contribution >= 4 is 11.9 Å². The third-order valence-electron chi connectivity index (χ3n) is 5.05. The number of likely N-dealkylation sites (tertiary alicyclic amines) is 1. The first-order chi connectivity index (χ1) is 12.1. The van der Waals surface area contributed by atoms with E-state index in [1.54, 1.807) is 0 Å². The SMILES string of the molecule is CCNC(=NCCC1CCN(CC)CC1)NCCC(=O)N(CC)CC. The molecule has 25 heavy (non-hydrogen) atoms. The summed E-state index contributed by atoms with van der Waals surface area (Å²) in [6, 6.07) is 0. The molecule has 0 aromatic rings. The lowest BCUT2D eigenvalue weighted by Gasteiger charge is -2.30. The molecule has 0 unspecified atom stereocenters. The fourth-order valence-electron chi connectivity index (χ4n) is 3.31. The van der Waals surface area contributed by atoms with E-state index >= 15 is 0 Å². The Labute approximate surface area is 154 Å². The highest BCUT2D eigenvalue weighted by Crippen LogP contribution is 2.19. The van der Waals surface area contributed by atoms with E-state index in [0.29, 0.717) is 13.0 Å². The van der Waals surface area contributed by atoms with Crippen LogP contribution in [0.3, 0.4) is 0 Å². The zero-order chi connectivity index (χ0) is 18.5. The normalized spacial score (nSPS) is 16.7. The molecule has 0 atom stereocenters. The van der Waals surface area contributed by atoms with E-state index in [1.807, 2.05) is 18.7 Å². The third kappa shape index (κ3) is 8.56. The van der Waals surface area contributed by atoms with Crippen LogP contribution in [-0.4, -0.2) is 74.0 Å². The Hall–Kier alpha value is -1.30. The van der Waals surface area contributed by atoms with Gasteiger partial charge in [0.05, 0.1) is 0 Å². The number of piperidine rings is 1. The van der Waals surface area contributed by atoms with Gasteiger partial charge in [0.1, 0.15) is 0 Å². The second-order valence-corrected chi connectivity index (χ2v) is 6.67. The highest BCUT2D eigenvalue weighted by atomic mass is 16.2. The Morgan fingerprint density at radius 1 is 1.12 bits per heavy atom. The van der Waals surface area contributed by atoms with Gasteiger partial charge in [-0.05, 0) is 65.6 Å². The zero-order valence-electron chi connectivity index (χ0n) is 16.8. The first kappa shape index (κ1) is 21.7. The molecule has 6 heteroatoms. The minimum atomic E-state index is 0.205. The number of guanidine groups is 1. The van der Waals surface area contributed by atoms with Gasteiger partial charge in [-0.1, -0.05) is 6.92 Å². The second-order valence-electron chi connectivity index (χ2n) is 6.67. The maximum Gasteiger partial charge on any atom is 0.224 e.